The summed E-state index contributed by atoms with van der Waals surface area (Å²) in [6.07, 6.45) is 16.0. The molecule has 0 unspecified atom stereocenters. The molecule has 0 fully saturated rings. The van der Waals surface area contributed by atoms with Gasteiger partial charge >= 0.3 is 0 Å². The Labute approximate surface area is 341 Å². The highest BCUT2D eigenvalue weighted by Gasteiger charge is 2.08. The van der Waals surface area contributed by atoms with Crippen LogP contribution in [0.2, 0.25) is 0 Å². The number of hydrogen-bond donors (Lipinski definition) is 6. The van der Waals surface area contributed by atoms with Crippen molar-refractivity contribution >= 4 is 77.0 Å². The van der Waals surface area contributed by atoms with Gasteiger partial charge in [-0.15, -0.1) is 40.8 Å². The normalized spacial score (nSPS) is 12.6. The standard InChI is InChI=1S/C8H8N5.C7H9N6.C7H7N5.C7H6N5.C7H7N3/c1-6-2-7(4-9-3-6)12-8-10-5-11-13-8;1-5-3-6(13(2)12-5)10-7-8-4-9-11-7;8-7-11-10-5-12(7)6-2-1-3-9-4-6;1-2-6(4-8-3-1)11-7-9-5-10-12-7;8-7-9-5-3-1-2-4-6(5)10-7/h2-5H,1H3,(H,12,13);3-4H,1-2H3,(H,10,11);1-5H,(H2,8,11);1-5H,(H,11,12);1-4H,(H3,8,9,10). The molecule has 3 aliphatic heterocycles. The van der Waals surface area contributed by atoms with Crippen LogP contribution in [0.5, 0.6) is 0 Å². The molecule has 10 rings (SSSR count). The lowest BCUT2D eigenvalue weighted by Crippen LogP contribution is -2.21. The summed E-state index contributed by atoms with van der Waals surface area (Å²) in [5.41, 5.74) is 17.5. The lowest BCUT2D eigenvalue weighted by atomic mass is 10.3. The summed E-state index contributed by atoms with van der Waals surface area (Å²) in [6, 6.07) is 19.0. The lowest BCUT2D eigenvalue weighted by molar-refractivity contribution is 0.765. The fraction of sp³-hybridized carbons (Fsp3) is 0.0833. The minimum atomic E-state index is 0.364. The van der Waals surface area contributed by atoms with Crippen LogP contribution >= 0.6 is 0 Å². The summed E-state index contributed by atoms with van der Waals surface area (Å²) in [6.45, 7) is 3.90. The van der Waals surface area contributed by atoms with Crippen LogP contribution in [-0.4, -0.2) is 86.4 Å². The van der Waals surface area contributed by atoms with Crippen molar-refractivity contribution in [2.24, 2.45) is 37.7 Å². The second-order valence-corrected chi connectivity index (χ2v) is 11.9. The SMILES string of the molecule is C1=NN=C(Nc2cccnc2)[N]1.Cc1cc(NC2=NN=C[N]2)n(C)n1.Cc1cncc(NC2=NN=C[N]2)c1.Nc1nc2ccccc2[nH]1.Nc1nncn1-c1cccnc1. The minimum absolute atomic E-state index is 0.364. The van der Waals surface area contributed by atoms with E-state index in [9.17, 15) is 0 Å². The molecule has 60 heavy (non-hydrogen) atoms. The molecule has 301 valence electrons. The third-order valence-corrected chi connectivity index (χ3v) is 7.35. The van der Waals surface area contributed by atoms with E-state index < -0.39 is 0 Å². The maximum Gasteiger partial charge on any atom is 0.249 e. The number of nitrogens with one attached hydrogen (secondary N) is 4. The van der Waals surface area contributed by atoms with E-state index in [1.165, 1.54) is 19.0 Å². The number of hydrogen-bond acceptors (Lipinski definition) is 18. The predicted octanol–water partition coefficient (Wildman–Crippen LogP) is 2.58. The van der Waals surface area contributed by atoms with Gasteiger partial charge < -0.3 is 32.4 Å². The van der Waals surface area contributed by atoms with E-state index in [0.29, 0.717) is 29.8 Å². The maximum absolute atomic E-state index is 5.53. The molecule has 8 N–H and O–H groups in total. The fourth-order valence-corrected chi connectivity index (χ4v) is 4.80. The third kappa shape index (κ3) is 12.5. The van der Waals surface area contributed by atoms with E-state index >= 15 is 0 Å². The van der Waals surface area contributed by atoms with Gasteiger partial charge in [0.25, 0.3) is 0 Å². The monoisotopic (exact) mass is 805 g/mol. The topological polar surface area (TPSA) is 320 Å². The van der Waals surface area contributed by atoms with Crippen LogP contribution in [0.1, 0.15) is 11.3 Å². The van der Waals surface area contributed by atoms with E-state index in [1.54, 1.807) is 52.8 Å². The van der Waals surface area contributed by atoms with Crippen LogP contribution in [0, 0.1) is 13.8 Å². The number of guanidine groups is 3. The number of nitrogen functional groups attached to an aromatic ring is 2. The van der Waals surface area contributed by atoms with Crippen molar-refractivity contribution in [2.75, 3.05) is 27.4 Å². The summed E-state index contributed by atoms with van der Waals surface area (Å²) >= 11 is 0. The van der Waals surface area contributed by atoms with Crippen LogP contribution in [0.3, 0.4) is 0 Å². The molecule has 7 aromatic rings. The molecule has 0 bridgehead atoms. The highest BCUT2D eigenvalue weighted by molar-refractivity contribution is 6.02. The van der Waals surface area contributed by atoms with Gasteiger partial charge in [0.05, 0.1) is 52.4 Å². The maximum atomic E-state index is 5.53. The molecule has 0 atom stereocenters. The molecule has 6 aromatic heterocycles. The smallest absolute Gasteiger partial charge is 0.249 e. The molecule has 9 heterocycles. The first kappa shape index (κ1) is 40.6. The van der Waals surface area contributed by atoms with Gasteiger partial charge in [-0.05, 0) is 61.9 Å². The number of benzene rings is 1. The van der Waals surface area contributed by atoms with Crippen molar-refractivity contribution in [3.63, 3.8) is 0 Å². The molecule has 0 spiro atoms. The number of rotatable bonds is 4. The summed E-state index contributed by atoms with van der Waals surface area (Å²) in [5, 5.41) is 54.0. The molecule has 0 amide bonds. The number of pyridine rings is 3. The highest BCUT2D eigenvalue weighted by atomic mass is 15.4. The van der Waals surface area contributed by atoms with E-state index in [0.717, 1.165) is 45.2 Å². The number of aromatic nitrogens is 10. The quantitative estimate of drug-likeness (QED) is 0.150. The van der Waals surface area contributed by atoms with Crippen LogP contribution in [-0.2, 0) is 7.05 Å². The van der Waals surface area contributed by atoms with Gasteiger partial charge in [0.15, 0.2) is 5.95 Å². The Hall–Kier alpha value is -9.09. The fourth-order valence-electron chi connectivity index (χ4n) is 4.80. The second kappa shape index (κ2) is 20.7. The number of aryl methyl sites for hydroxylation is 3. The number of nitrogens with zero attached hydrogens (tertiary/aromatic N) is 18. The summed E-state index contributed by atoms with van der Waals surface area (Å²) < 4.78 is 3.39. The number of imidazole rings is 1. The summed E-state index contributed by atoms with van der Waals surface area (Å²) in [5.74, 6) is 3.16. The number of anilines is 5. The van der Waals surface area contributed by atoms with Crippen molar-refractivity contribution in [3.05, 3.63) is 115 Å². The number of H-pyrrole nitrogens is 1. The number of nitrogens with two attached hydrogens (primary N) is 2. The summed E-state index contributed by atoms with van der Waals surface area (Å²) in [7, 11) is 1.85. The minimum Gasteiger partial charge on any atom is -0.369 e. The van der Waals surface area contributed by atoms with Crippen molar-refractivity contribution in [1.82, 2.24) is 65.4 Å². The van der Waals surface area contributed by atoms with Crippen molar-refractivity contribution in [3.8, 4) is 5.69 Å². The van der Waals surface area contributed by atoms with Crippen LogP contribution in [0.4, 0.5) is 29.1 Å². The Morgan fingerprint density at radius 1 is 0.667 bits per heavy atom. The van der Waals surface area contributed by atoms with E-state index in [4.69, 9.17) is 11.5 Å². The Morgan fingerprint density at radius 3 is 1.87 bits per heavy atom. The van der Waals surface area contributed by atoms with Gasteiger partial charge in [-0.2, -0.15) is 21.0 Å². The Kier molecular flexibility index (Phi) is 14.0. The molecular formula is C36H37N24. The second-order valence-electron chi connectivity index (χ2n) is 11.9. The first-order valence-corrected chi connectivity index (χ1v) is 17.6. The van der Waals surface area contributed by atoms with Crippen molar-refractivity contribution in [1.29, 1.82) is 0 Å². The van der Waals surface area contributed by atoms with Gasteiger partial charge in [-0.25, -0.2) is 4.98 Å². The third-order valence-electron chi connectivity index (χ3n) is 7.35. The molecule has 3 aliphatic rings. The highest BCUT2D eigenvalue weighted by Crippen LogP contribution is 2.11. The first-order valence-electron chi connectivity index (χ1n) is 17.6. The van der Waals surface area contributed by atoms with Gasteiger partial charge in [-0.1, -0.05) is 12.1 Å². The van der Waals surface area contributed by atoms with Crippen LogP contribution in [0.15, 0.2) is 135 Å². The largest absolute Gasteiger partial charge is 0.369 e. The predicted molar refractivity (Wildman–Crippen MR) is 230 cm³/mol. The number of para-hydroxylation sites is 2. The molecule has 1 aromatic carbocycles. The lowest BCUT2D eigenvalue weighted by Gasteiger charge is -2.03. The first-order chi connectivity index (χ1) is 29.3. The van der Waals surface area contributed by atoms with Gasteiger partial charge in [0, 0.05) is 31.7 Å². The Balaban J connectivity index is 0.000000126. The van der Waals surface area contributed by atoms with Gasteiger partial charge in [-0.3, -0.25) is 24.2 Å². The van der Waals surface area contributed by atoms with Crippen LogP contribution in [0.25, 0.3) is 16.7 Å². The molecular weight excluding hydrogens is 769 g/mol. The number of fused-ring (bicyclic) bond motifs is 1. The summed E-state index contributed by atoms with van der Waals surface area (Å²) in [4.78, 5) is 18.9. The van der Waals surface area contributed by atoms with Crippen molar-refractivity contribution < 1.29 is 0 Å². The molecule has 3 radical (unpaired) electrons. The zero-order chi connectivity index (χ0) is 41.9. The Bertz CT molecular complexity index is 2590. The molecule has 0 aliphatic carbocycles. The van der Waals surface area contributed by atoms with E-state index in [2.05, 4.69) is 103 Å². The molecule has 24 nitrogen and oxygen atoms in total. The van der Waals surface area contributed by atoms with Crippen LogP contribution < -0.4 is 43.4 Å². The van der Waals surface area contributed by atoms with Crippen molar-refractivity contribution in [2.45, 2.75) is 13.8 Å². The zero-order valence-electron chi connectivity index (χ0n) is 32.3. The van der Waals surface area contributed by atoms with Gasteiger partial charge in [0.2, 0.25) is 23.8 Å². The molecule has 0 saturated heterocycles. The molecule has 0 saturated carbocycles. The van der Waals surface area contributed by atoms with E-state index in [1.807, 2.05) is 81.6 Å². The van der Waals surface area contributed by atoms with E-state index in [-0.39, 0.29) is 0 Å². The average molecular weight is 806 g/mol. The average Bonchev–Trinajstić information content (AvgIpc) is 4.12. The molecule has 24 heteroatoms. The van der Waals surface area contributed by atoms with Gasteiger partial charge in [0.1, 0.15) is 31.2 Å². The number of aromatic amines is 1. The zero-order valence-corrected chi connectivity index (χ0v) is 32.3. The Morgan fingerprint density at radius 2 is 1.32 bits per heavy atom.